The van der Waals surface area contributed by atoms with Crippen molar-refractivity contribution in [1.82, 2.24) is 34.1 Å². The summed E-state index contributed by atoms with van der Waals surface area (Å²) in [5, 5.41) is 28.0. The van der Waals surface area contributed by atoms with Crippen LogP contribution in [0, 0.1) is 0 Å². The molecule has 0 saturated carbocycles. The van der Waals surface area contributed by atoms with Crippen LogP contribution in [-0.2, 0) is 19.3 Å². The molecule has 2 N–H and O–H groups in total. The zero-order chi connectivity index (χ0) is 28.7. The number of halogens is 7. The fourth-order valence-corrected chi connectivity index (χ4v) is 3.71. The van der Waals surface area contributed by atoms with Gasteiger partial charge >= 0.3 is 18.0 Å². The molecule has 208 valence electrons. The van der Waals surface area contributed by atoms with E-state index < -0.39 is 54.7 Å². The van der Waals surface area contributed by atoms with E-state index in [1.165, 1.54) is 31.2 Å². The van der Waals surface area contributed by atoms with Gasteiger partial charge in [-0.05, 0) is 43.3 Å². The molecule has 0 amide bonds. The van der Waals surface area contributed by atoms with E-state index in [-0.39, 0.29) is 23.0 Å². The SMILES string of the molecule is C[C@H](O)c1nc(Cn2nc(-c3ccc(Cl)cc3)n(C[C@H](O)C(F)(F)F)c2=O)nn1-c1ncccc1C(F)(F)F. The fraction of sp³-hybridized carbons (Fsp3) is 0.318. The van der Waals surface area contributed by atoms with Crippen LogP contribution in [0.2, 0.25) is 5.02 Å². The summed E-state index contributed by atoms with van der Waals surface area (Å²) in [5.41, 5.74) is -2.07. The quantitative estimate of drug-likeness (QED) is 0.323. The Morgan fingerprint density at radius 1 is 1.03 bits per heavy atom. The van der Waals surface area contributed by atoms with Crippen molar-refractivity contribution < 1.29 is 36.6 Å². The molecule has 3 heterocycles. The second-order valence-electron chi connectivity index (χ2n) is 8.29. The maximum Gasteiger partial charge on any atom is 0.420 e. The van der Waals surface area contributed by atoms with Crippen molar-refractivity contribution in [2.45, 2.75) is 44.6 Å². The topological polar surface area (TPSA) is 124 Å². The highest BCUT2D eigenvalue weighted by Crippen LogP contribution is 2.33. The van der Waals surface area contributed by atoms with Gasteiger partial charge in [-0.1, -0.05) is 11.6 Å². The van der Waals surface area contributed by atoms with Crippen molar-refractivity contribution in [3.63, 3.8) is 0 Å². The van der Waals surface area contributed by atoms with Gasteiger partial charge in [0.05, 0.1) is 6.54 Å². The lowest BCUT2D eigenvalue weighted by molar-refractivity contribution is -0.207. The number of alkyl halides is 6. The van der Waals surface area contributed by atoms with Gasteiger partial charge in [0.2, 0.25) is 0 Å². The largest absolute Gasteiger partial charge is 0.420 e. The molecule has 10 nitrogen and oxygen atoms in total. The number of aliphatic hydroxyl groups excluding tert-OH is 2. The van der Waals surface area contributed by atoms with Crippen LogP contribution in [0.4, 0.5) is 26.3 Å². The van der Waals surface area contributed by atoms with E-state index in [2.05, 4.69) is 20.2 Å². The van der Waals surface area contributed by atoms with Crippen LogP contribution < -0.4 is 5.69 Å². The molecule has 17 heteroatoms. The Kier molecular flexibility index (Phi) is 7.55. The average molecular weight is 578 g/mol. The highest BCUT2D eigenvalue weighted by Gasteiger charge is 2.39. The van der Waals surface area contributed by atoms with E-state index >= 15 is 0 Å². The van der Waals surface area contributed by atoms with Crippen LogP contribution in [0.25, 0.3) is 17.2 Å². The predicted molar refractivity (Wildman–Crippen MR) is 123 cm³/mol. The molecule has 1 aromatic carbocycles. The van der Waals surface area contributed by atoms with Crippen LogP contribution >= 0.6 is 11.6 Å². The number of rotatable bonds is 7. The molecular weight excluding hydrogens is 560 g/mol. The van der Waals surface area contributed by atoms with Crippen molar-refractivity contribution in [3.8, 4) is 17.2 Å². The number of hydrogen-bond acceptors (Lipinski definition) is 7. The number of aromatic nitrogens is 7. The summed E-state index contributed by atoms with van der Waals surface area (Å²) in [7, 11) is 0. The standard InChI is InChI=1S/C22H18ClF6N7O3/c1-11(37)17-31-16(32-36(17)19-14(21(24,25)26)3-2-8-30-19)10-35-20(39)34(9-15(38)22(27,28)29)18(33-35)12-4-6-13(23)7-5-12/h2-8,11,15,37-38H,9-10H2,1H3/t11-,15-/m0/s1. The number of aliphatic hydroxyl groups is 2. The Labute approximate surface area is 219 Å². The van der Waals surface area contributed by atoms with Crippen LogP contribution in [0.15, 0.2) is 47.4 Å². The first kappa shape index (κ1) is 28.3. The highest BCUT2D eigenvalue weighted by atomic mass is 35.5. The lowest BCUT2D eigenvalue weighted by Gasteiger charge is -2.15. The van der Waals surface area contributed by atoms with Gasteiger partial charge in [-0.2, -0.15) is 31.0 Å². The maximum atomic E-state index is 13.6. The number of benzene rings is 1. The van der Waals surface area contributed by atoms with Crippen LogP contribution in [-0.4, -0.2) is 56.6 Å². The van der Waals surface area contributed by atoms with E-state index in [0.29, 0.717) is 19.0 Å². The van der Waals surface area contributed by atoms with Crippen molar-refractivity contribution in [2.75, 3.05) is 0 Å². The summed E-state index contributed by atoms with van der Waals surface area (Å²) >= 11 is 5.86. The molecule has 0 bridgehead atoms. The molecule has 0 aliphatic carbocycles. The Morgan fingerprint density at radius 2 is 1.69 bits per heavy atom. The third-order valence-corrected chi connectivity index (χ3v) is 5.64. The third-order valence-electron chi connectivity index (χ3n) is 5.39. The lowest BCUT2D eigenvalue weighted by atomic mass is 10.2. The summed E-state index contributed by atoms with van der Waals surface area (Å²) < 4.78 is 81.8. The number of pyridine rings is 1. The van der Waals surface area contributed by atoms with E-state index in [1.807, 2.05) is 0 Å². The zero-order valence-electron chi connectivity index (χ0n) is 19.7. The van der Waals surface area contributed by atoms with Gasteiger partial charge in [0.15, 0.2) is 29.4 Å². The molecule has 0 aliphatic heterocycles. The van der Waals surface area contributed by atoms with Gasteiger partial charge in [0.1, 0.15) is 18.2 Å². The first-order valence-corrected chi connectivity index (χ1v) is 11.4. The summed E-state index contributed by atoms with van der Waals surface area (Å²) in [4.78, 5) is 20.8. The molecule has 0 spiro atoms. The van der Waals surface area contributed by atoms with E-state index in [4.69, 9.17) is 11.6 Å². The van der Waals surface area contributed by atoms with Gasteiger partial charge < -0.3 is 10.2 Å². The summed E-state index contributed by atoms with van der Waals surface area (Å²) in [6, 6.07) is 7.42. The minimum atomic E-state index is -5.04. The number of nitrogens with zero attached hydrogens (tertiary/aromatic N) is 7. The molecule has 39 heavy (non-hydrogen) atoms. The van der Waals surface area contributed by atoms with E-state index in [0.717, 1.165) is 18.3 Å². The number of hydrogen-bond donors (Lipinski definition) is 2. The molecule has 3 aromatic heterocycles. The zero-order valence-corrected chi connectivity index (χ0v) is 20.4. The van der Waals surface area contributed by atoms with Gasteiger partial charge in [0.25, 0.3) is 0 Å². The normalized spacial score (nSPS) is 14.0. The first-order chi connectivity index (χ1) is 18.2. The van der Waals surface area contributed by atoms with Gasteiger partial charge in [-0.15, -0.1) is 10.2 Å². The van der Waals surface area contributed by atoms with Crippen molar-refractivity contribution >= 4 is 11.6 Å². The van der Waals surface area contributed by atoms with Crippen LogP contribution in [0.3, 0.4) is 0 Å². The molecule has 0 saturated heterocycles. The molecule has 4 rings (SSSR count). The van der Waals surface area contributed by atoms with Crippen molar-refractivity contribution in [3.05, 3.63) is 75.3 Å². The van der Waals surface area contributed by atoms with E-state index in [1.54, 1.807) is 0 Å². The molecule has 0 unspecified atom stereocenters. The minimum absolute atomic E-state index is 0.191. The van der Waals surface area contributed by atoms with Crippen molar-refractivity contribution in [2.24, 2.45) is 0 Å². The van der Waals surface area contributed by atoms with Gasteiger partial charge in [-0.3, -0.25) is 4.57 Å². The fourth-order valence-electron chi connectivity index (χ4n) is 3.58. The summed E-state index contributed by atoms with van der Waals surface area (Å²) in [6.45, 7) is -0.571. The molecule has 4 aromatic rings. The second-order valence-corrected chi connectivity index (χ2v) is 8.72. The average Bonchev–Trinajstić information content (AvgIpc) is 3.41. The molecular formula is C22H18ClF6N7O3. The maximum absolute atomic E-state index is 13.6. The molecule has 0 aliphatic rings. The minimum Gasteiger partial charge on any atom is -0.385 e. The lowest BCUT2D eigenvalue weighted by Crippen LogP contribution is -2.37. The Balaban J connectivity index is 1.80. The molecule has 0 radical (unpaired) electrons. The Bertz CT molecular complexity index is 1530. The Hall–Kier alpha value is -3.76. The van der Waals surface area contributed by atoms with E-state index in [9.17, 15) is 41.4 Å². The summed E-state index contributed by atoms with van der Waals surface area (Å²) in [6.07, 6.45) is -13.1. The smallest absolute Gasteiger partial charge is 0.385 e. The van der Waals surface area contributed by atoms with Gasteiger partial charge in [-0.25, -0.2) is 19.4 Å². The monoisotopic (exact) mass is 577 g/mol. The molecule has 2 atom stereocenters. The summed E-state index contributed by atoms with van der Waals surface area (Å²) in [5.74, 6) is -1.57. The Morgan fingerprint density at radius 3 is 2.28 bits per heavy atom. The first-order valence-electron chi connectivity index (χ1n) is 11.0. The molecule has 0 fully saturated rings. The second kappa shape index (κ2) is 10.4. The van der Waals surface area contributed by atoms with Crippen LogP contribution in [0.5, 0.6) is 0 Å². The predicted octanol–water partition coefficient (Wildman–Crippen LogP) is 3.38. The van der Waals surface area contributed by atoms with Crippen LogP contribution in [0.1, 0.15) is 30.2 Å². The van der Waals surface area contributed by atoms with Gasteiger partial charge in [0, 0.05) is 16.8 Å². The highest BCUT2D eigenvalue weighted by molar-refractivity contribution is 6.30. The third kappa shape index (κ3) is 5.97. The van der Waals surface area contributed by atoms with Crippen molar-refractivity contribution in [1.29, 1.82) is 0 Å².